The Morgan fingerprint density at radius 2 is 2.14 bits per heavy atom. The second kappa shape index (κ2) is 7.38. The van der Waals surface area contributed by atoms with Crippen LogP contribution in [0.5, 0.6) is 0 Å². The number of nitrogens with zero attached hydrogens (tertiary/aromatic N) is 2. The van der Waals surface area contributed by atoms with Crippen molar-refractivity contribution in [3.8, 4) is 0 Å². The molecule has 1 N–H and O–H groups in total. The van der Waals surface area contributed by atoms with Gasteiger partial charge >= 0.3 is 5.97 Å². The zero-order valence-corrected chi connectivity index (χ0v) is 13.5. The van der Waals surface area contributed by atoms with Gasteiger partial charge in [0.05, 0.1) is 13.1 Å². The van der Waals surface area contributed by atoms with Crippen LogP contribution in [0.1, 0.15) is 18.7 Å². The van der Waals surface area contributed by atoms with E-state index in [0.717, 1.165) is 4.88 Å². The summed E-state index contributed by atoms with van der Waals surface area (Å²) < 4.78 is 0. The Bertz CT molecular complexity index is 497. The first-order valence-corrected chi connectivity index (χ1v) is 7.52. The van der Waals surface area contributed by atoms with Gasteiger partial charge in [-0.15, -0.1) is 17.9 Å². The minimum absolute atomic E-state index is 0.0541. The molecule has 0 saturated carbocycles. The van der Waals surface area contributed by atoms with E-state index in [1.54, 1.807) is 48.1 Å². The summed E-state index contributed by atoms with van der Waals surface area (Å²) in [5.74, 6) is -1.06. The monoisotopic (exact) mass is 310 g/mol. The van der Waals surface area contributed by atoms with Crippen molar-refractivity contribution in [2.75, 3.05) is 20.1 Å². The number of amides is 1. The Labute approximate surface area is 129 Å². The summed E-state index contributed by atoms with van der Waals surface area (Å²) in [5.41, 5.74) is -1.08. The van der Waals surface area contributed by atoms with Crippen LogP contribution in [0.3, 0.4) is 0 Å². The Kier molecular flexibility index (Phi) is 6.11. The molecule has 0 atom stereocenters. The van der Waals surface area contributed by atoms with Crippen LogP contribution in [-0.4, -0.2) is 52.5 Å². The molecule has 1 amide bonds. The Hall–Kier alpha value is -1.66. The first kappa shape index (κ1) is 17.4. The van der Waals surface area contributed by atoms with E-state index in [1.807, 2.05) is 17.5 Å². The minimum atomic E-state index is -1.08. The van der Waals surface area contributed by atoms with E-state index in [-0.39, 0.29) is 12.5 Å². The number of rotatable bonds is 8. The van der Waals surface area contributed by atoms with E-state index in [9.17, 15) is 14.7 Å². The molecule has 1 heterocycles. The second-order valence-corrected chi connectivity index (χ2v) is 6.39. The van der Waals surface area contributed by atoms with E-state index in [1.165, 1.54) is 0 Å². The van der Waals surface area contributed by atoms with Gasteiger partial charge in [-0.25, -0.2) is 0 Å². The molecule has 5 nitrogen and oxygen atoms in total. The van der Waals surface area contributed by atoms with Gasteiger partial charge in [0, 0.05) is 11.4 Å². The highest BCUT2D eigenvalue weighted by Crippen LogP contribution is 2.15. The Balaban J connectivity index is 2.73. The first-order chi connectivity index (χ1) is 9.78. The number of hydrogen-bond donors (Lipinski definition) is 1. The molecule has 21 heavy (non-hydrogen) atoms. The fourth-order valence-corrected chi connectivity index (χ4v) is 2.38. The largest absolute Gasteiger partial charge is 0.480 e. The average Bonchev–Trinajstić information content (AvgIpc) is 2.90. The summed E-state index contributed by atoms with van der Waals surface area (Å²) in [7, 11) is 1.64. The summed E-state index contributed by atoms with van der Waals surface area (Å²) >= 11 is 1.59. The number of hydrogen-bond acceptors (Lipinski definition) is 4. The standard InChI is InChI=1S/C15H22N2O3S/c1-5-8-17(10-12-7-6-9-21-12)13(18)11-16(4)15(2,3)14(19)20/h5-7,9H,1,8,10-11H2,2-4H3,(H,19,20). The highest BCUT2D eigenvalue weighted by atomic mass is 32.1. The van der Waals surface area contributed by atoms with E-state index >= 15 is 0 Å². The third-order valence-corrected chi connectivity index (χ3v) is 4.34. The van der Waals surface area contributed by atoms with Crippen LogP contribution in [-0.2, 0) is 16.1 Å². The third kappa shape index (κ3) is 4.68. The predicted molar refractivity (Wildman–Crippen MR) is 84.3 cm³/mol. The van der Waals surface area contributed by atoms with E-state index in [2.05, 4.69) is 6.58 Å². The lowest BCUT2D eigenvalue weighted by atomic mass is 10.0. The van der Waals surface area contributed by atoms with Crippen molar-refractivity contribution in [1.29, 1.82) is 0 Å². The lowest BCUT2D eigenvalue weighted by molar-refractivity contribution is -0.150. The Morgan fingerprint density at radius 3 is 2.62 bits per heavy atom. The fraction of sp³-hybridized carbons (Fsp3) is 0.467. The minimum Gasteiger partial charge on any atom is -0.480 e. The molecule has 6 heteroatoms. The van der Waals surface area contributed by atoms with E-state index < -0.39 is 11.5 Å². The number of likely N-dealkylation sites (N-methyl/N-ethyl adjacent to an activating group) is 1. The fourth-order valence-electron chi connectivity index (χ4n) is 1.66. The van der Waals surface area contributed by atoms with Gasteiger partial charge < -0.3 is 10.0 Å². The molecule has 0 fully saturated rings. The van der Waals surface area contributed by atoms with Crippen molar-refractivity contribution >= 4 is 23.2 Å². The van der Waals surface area contributed by atoms with Gasteiger partial charge in [-0.05, 0) is 32.3 Å². The maximum atomic E-state index is 12.4. The highest BCUT2D eigenvalue weighted by molar-refractivity contribution is 7.09. The number of carboxylic acids is 1. The first-order valence-electron chi connectivity index (χ1n) is 6.64. The maximum Gasteiger partial charge on any atom is 0.323 e. The molecule has 0 aromatic carbocycles. The van der Waals surface area contributed by atoms with Crippen molar-refractivity contribution < 1.29 is 14.7 Å². The number of carbonyl (C=O) groups excluding carboxylic acids is 1. The van der Waals surface area contributed by atoms with Gasteiger partial charge in [-0.3, -0.25) is 14.5 Å². The number of thiophene rings is 1. The van der Waals surface area contributed by atoms with Gasteiger partial charge in [0.15, 0.2) is 0 Å². The molecule has 1 rings (SSSR count). The molecule has 0 aliphatic heterocycles. The maximum absolute atomic E-state index is 12.4. The molecule has 0 saturated heterocycles. The van der Waals surface area contributed by atoms with Crippen LogP contribution in [0.2, 0.25) is 0 Å². The summed E-state index contributed by atoms with van der Waals surface area (Å²) in [4.78, 5) is 27.9. The smallest absolute Gasteiger partial charge is 0.323 e. The molecule has 116 valence electrons. The molecular weight excluding hydrogens is 288 g/mol. The second-order valence-electron chi connectivity index (χ2n) is 5.36. The summed E-state index contributed by atoms with van der Waals surface area (Å²) in [6, 6.07) is 3.91. The van der Waals surface area contributed by atoms with Gasteiger partial charge in [-0.1, -0.05) is 12.1 Å². The summed E-state index contributed by atoms with van der Waals surface area (Å²) in [5, 5.41) is 11.2. The molecule has 0 unspecified atom stereocenters. The number of carboxylic acid groups (broad SMARTS) is 1. The summed E-state index contributed by atoms with van der Waals surface area (Å²) in [6.07, 6.45) is 1.67. The molecule has 0 bridgehead atoms. The van der Waals surface area contributed by atoms with Crippen molar-refractivity contribution in [2.24, 2.45) is 0 Å². The quantitative estimate of drug-likeness (QED) is 0.747. The summed E-state index contributed by atoms with van der Waals surface area (Å²) in [6.45, 7) is 7.85. The van der Waals surface area contributed by atoms with Crippen LogP contribution in [0.25, 0.3) is 0 Å². The van der Waals surface area contributed by atoms with Crippen molar-refractivity contribution in [2.45, 2.75) is 25.9 Å². The zero-order chi connectivity index (χ0) is 16.0. The molecule has 0 radical (unpaired) electrons. The van der Waals surface area contributed by atoms with Gasteiger partial charge in [-0.2, -0.15) is 0 Å². The Morgan fingerprint density at radius 1 is 1.48 bits per heavy atom. The molecule has 0 aliphatic rings. The average molecular weight is 310 g/mol. The van der Waals surface area contributed by atoms with Crippen LogP contribution in [0, 0.1) is 0 Å². The van der Waals surface area contributed by atoms with E-state index in [0.29, 0.717) is 13.1 Å². The number of aliphatic carboxylic acids is 1. The van der Waals surface area contributed by atoms with Gasteiger partial charge in [0.2, 0.25) is 5.91 Å². The topological polar surface area (TPSA) is 60.9 Å². The van der Waals surface area contributed by atoms with Crippen molar-refractivity contribution in [3.63, 3.8) is 0 Å². The third-order valence-electron chi connectivity index (χ3n) is 3.48. The van der Waals surface area contributed by atoms with Crippen LogP contribution >= 0.6 is 11.3 Å². The predicted octanol–water partition coefficient (Wildman–Crippen LogP) is 2.06. The lowest BCUT2D eigenvalue weighted by Gasteiger charge is -2.32. The molecule has 1 aromatic heterocycles. The van der Waals surface area contributed by atoms with Crippen LogP contribution in [0.15, 0.2) is 30.2 Å². The van der Waals surface area contributed by atoms with Crippen molar-refractivity contribution in [1.82, 2.24) is 9.80 Å². The highest BCUT2D eigenvalue weighted by Gasteiger charge is 2.33. The zero-order valence-electron chi connectivity index (χ0n) is 12.7. The van der Waals surface area contributed by atoms with Crippen molar-refractivity contribution in [3.05, 3.63) is 35.0 Å². The SMILES string of the molecule is C=CCN(Cc1cccs1)C(=O)CN(C)C(C)(C)C(=O)O. The normalized spacial score (nSPS) is 11.4. The molecule has 0 aliphatic carbocycles. The molecule has 1 aromatic rings. The molecule has 0 spiro atoms. The number of carbonyl (C=O) groups is 2. The van der Waals surface area contributed by atoms with Gasteiger partial charge in [0.25, 0.3) is 0 Å². The van der Waals surface area contributed by atoms with Crippen LogP contribution < -0.4 is 0 Å². The lowest BCUT2D eigenvalue weighted by Crippen LogP contribution is -2.51. The van der Waals surface area contributed by atoms with Gasteiger partial charge in [0.1, 0.15) is 5.54 Å². The van der Waals surface area contributed by atoms with E-state index in [4.69, 9.17) is 0 Å². The van der Waals surface area contributed by atoms with Crippen LogP contribution in [0.4, 0.5) is 0 Å². The molecular formula is C15H22N2O3S.